The number of hydrogen-bond donors (Lipinski definition) is 1. The molecule has 1 saturated heterocycles. The minimum atomic E-state index is -0.660. The largest absolute Gasteiger partial charge is 0.481 e. The van der Waals surface area contributed by atoms with E-state index in [1.54, 1.807) is 0 Å². The summed E-state index contributed by atoms with van der Waals surface area (Å²) in [5.41, 5.74) is 0. The fourth-order valence-electron chi connectivity index (χ4n) is 1.57. The first-order valence-corrected chi connectivity index (χ1v) is 5.89. The van der Waals surface area contributed by atoms with Crippen molar-refractivity contribution in [2.75, 3.05) is 31.1 Å². The van der Waals surface area contributed by atoms with Crippen molar-refractivity contribution in [3.8, 4) is 0 Å². The quantitative estimate of drug-likeness (QED) is 0.657. The summed E-state index contributed by atoms with van der Waals surface area (Å²) in [5, 5.41) is 8.53. The Morgan fingerprint density at radius 3 is 2.85 bits per heavy atom. The number of carbonyl (C=O) groups is 1. The molecule has 1 aliphatic rings. The lowest BCUT2D eigenvalue weighted by Crippen LogP contribution is -2.48. The molecule has 0 aliphatic carbocycles. The molecule has 0 aromatic carbocycles. The van der Waals surface area contributed by atoms with Gasteiger partial charge >= 0.3 is 5.97 Å². The highest BCUT2D eigenvalue weighted by atomic mass is 32.2. The van der Waals surface area contributed by atoms with E-state index in [1.165, 1.54) is 11.5 Å². The predicted octanol–water partition coefficient (Wildman–Crippen LogP) is 1.15. The minimum absolute atomic E-state index is 0.345. The van der Waals surface area contributed by atoms with Gasteiger partial charge in [-0.05, 0) is 11.7 Å². The summed E-state index contributed by atoms with van der Waals surface area (Å²) >= 11 is 1.94. The molecule has 76 valence electrons. The molecule has 0 atom stereocenters. The van der Waals surface area contributed by atoms with E-state index in [-0.39, 0.29) is 0 Å². The number of likely N-dealkylation sites (tertiary alicyclic amines) is 1. The van der Waals surface area contributed by atoms with Crippen molar-refractivity contribution >= 4 is 17.7 Å². The van der Waals surface area contributed by atoms with Crippen molar-refractivity contribution in [1.82, 2.24) is 4.90 Å². The van der Waals surface area contributed by atoms with Gasteiger partial charge in [0.15, 0.2) is 0 Å². The third-order valence-electron chi connectivity index (χ3n) is 2.25. The maximum Gasteiger partial charge on any atom is 0.303 e. The van der Waals surface area contributed by atoms with Crippen LogP contribution in [-0.4, -0.2) is 47.1 Å². The van der Waals surface area contributed by atoms with Crippen molar-refractivity contribution < 1.29 is 9.90 Å². The maximum absolute atomic E-state index is 10.3. The minimum Gasteiger partial charge on any atom is -0.481 e. The SMILES string of the molecule is CCSCCN1CC(CC(=O)O)C1. The molecule has 13 heavy (non-hydrogen) atoms. The Morgan fingerprint density at radius 2 is 2.31 bits per heavy atom. The van der Waals surface area contributed by atoms with Crippen molar-refractivity contribution in [3.63, 3.8) is 0 Å². The van der Waals surface area contributed by atoms with Gasteiger partial charge in [0.2, 0.25) is 0 Å². The van der Waals surface area contributed by atoms with E-state index >= 15 is 0 Å². The third kappa shape index (κ3) is 4.00. The molecule has 0 aromatic rings. The molecule has 1 fully saturated rings. The van der Waals surface area contributed by atoms with Gasteiger partial charge in [0.25, 0.3) is 0 Å². The molecule has 0 radical (unpaired) electrons. The second kappa shape index (κ2) is 5.50. The zero-order valence-electron chi connectivity index (χ0n) is 8.03. The summed E-state index contributed by atoms with van der Waals surface area (Å²) in [6, 6.07) is 0. The van der Waals surface area contributed by atoms with Crippen LogP contribution in [0.4, 0.5) is 0 Å². The van der Waals surface area contributed by atoms with Crippen LogP contribution in [0.2, 0.25) is 0 Å². The maximum atomic E-state index is 10.3. The molecule has 3 nitrogen and oxygen atoms in total. The van der Waals surface area contributed by atoms with Crippen LogP contribution in [0.5, 0.6) is 0 Å². The first kappa shape index (κ1) is 10.9. The number of carboxylic acid groups (broad SMARTS) is 1. The van der Waals surface area contributed by atoms with Crippen LogP contribution in [0.1, 0.15) is 13.3 Å². The molecular formula is C9H17NO2S. The normalized spacial score (nSPS) is 18.5. The van der Waals surface area contributed by atoms with E-state index in [1.807, 2.05) is 11.8 Å². The first-order chi connectivity index (χ1) is 6.22. The van der Waals surface area contributed by atoms with Crippen molar-refractivity contribution in [1.29, 1.82) is 0 Å². The lowest BCUT2D eigenvalue weighted by molar-refractivity contribution is -0.139. The van der Waals surface area contributed by atoms with Crippen LogP contribution < -0.4 is 0 Å². The number of thioether (sulfide) groups is 1. The lowest BCUT2D eigenvalue weighted by Gasteiger charge is -2.38. The Kier molecular flexibility index (Phi) is 4.59. The summed E-state index contributed by atoms with van der Waals surface area (Å²) in [5.74, 6) is 2.10. The summed E-state index contributed by atoms with van der Waals surface area (Å²) in [6.45, 7) is 5.25. The van der Waals surface area contributed by atoms with Crippen molar-refractivity contribution in [2.45, 2.75) is 13.3 Å². The van der Waals surface area contributed by atoms with Gasteiger partial charge in [-0.2, -0.15) is 11.8 Å². The van der Waals surface area contributed by atoms with Crippen LogP contribution in [0.3, 0.4) is 0 Å². The van der Waals surface area contributed by atoms with Gasteiger partial charge in [0, 0.05) is 25.4 Å². The molecular weight excluding hydrogens is 186 g/mol. The monoisotopic (exact) mass is 203 g/mol. The fourth-order valence-corrected chi connectivity index (χ4v) is 2.25. The summed E-state index contributed by atoms with van der Waals surface area (Å²) in [4.78, 5) is 12.7. The van der Waals surface area contributed by atoms with Crippen LogP contribution in [-0.2, 0) is 4.79 Å². The topological polar surface area (TPSA) is 40.5 Å². The number of aliphatic carboxylic acids is 1. The Bertz CT molecular complexity index is 169. The van der Waals surface area contributed by atoms with Crippen molar-refractivity contribution in [3.05, 3.63) is 0 Å². The summed E-state index contributed by atoms with van der Waals surface area (Å²) < 4.78 is 0. The van der Waals surface area contributed by atoms with Crippen LogP contribution >= 0.6 is 11.8 Å². The van der Waals surface area contributed by atoms with E-state index in [0.29, 0.717) is 12.3 Å². The van der Waals surface area contributed by atoms with Crippen LogP contribution in [0.25, 0.3) is 0 Å². The first-order valence-electron chi connectivity index (χ1n) is 4.74. The van der Waals surface area contributed by atoms with Gasteiger partial charge in [0.1, 0.15) is 0 Å². The highest BCUT2D eigenvalue weighted by Gasteiger charge is 2.27. The highest BCUT2D eigenvalue weighted by Crippen LogP contribution is 2.18. The molecule has 0 amide bonds. The van der Waals surface area contributed by atoms with Gasteiger partial charge in [-0.3, -0.25) is 4.79 Å². The second-order valence-electron chi connectivity index (χ2n) is 3.42. The zero-order chi connectivity index (χ0) is 9.68. The molecule has 1 rings (SSSR count). The average molecular weight is 203 g/mol. The van der Waals surface area contributed by atoms with E-state index in [0.717, 1.165) is 19.6 Å². The number of nitrogens with zero attached hydrogens (tertiary/aromatic N) is 1. The standard InChI is InChI=1S/C9H17NO2S/c1-2-13-4-3-10-6-8(7-10)5-9(11)12/h8H,2-7H2,1H3,(H,11,12). The van der Waals surface area contributed by atoms with Gasteiger partial charge in [0.05, 0.1) is 6.42 Å². The molecule has 1 N–H and O–H groups in total. The average Bonchev–Trinajstić information content (AvgIpc) is 1.99. The van der Waals surface area contributed by atoms with E-state index in [2.05, 4.69) is 11.8 Å². The van der Waals surface area contributed by atoms with Gasteiger partial charge < -0.3 is 10.0 Å². The van der Waals surface area contributed by atoms with E-state index < -0.39 is 5.97 Å². The molecule has 1 heterocycles. The zero-order valence-corrected chi connectivity index (χ0v) is 8.85. The third-order valence-corrected chi connectivity index (χ3v) is 3.13. The number of rotatable bonds is 6. The molecule has 1 aliphatic heterocycles. The summed E-state index contributed by atoms with van der Waals surface area (Å²) in [7, 11) is 0. The van der Waals surface area contributed by atoms with Crippen LogP contribution in [0.15, 0.2) is 0 Å². The van der Waals surface area contributed by atoms with Gasteiger partial charge in [-0.25, -0.2) is 0 Å². The predicted molar refractivity (Wildman–Crippen MR) is 55.2 cm³/mol. The molecule has 0 aromatic heterocycles. The Hall–Kier alpha value is -0.220. The molecule has 0 spiro atoms. The second-order valence-corrected chi connectivity index (χ2v) is 4.81. The fraction of sp³-hybridized carbons (Fsp3) is 0.889. The van der Waals surface area contributed by atoms with Gasteiger partial charge in [-0.1, -0.05) is 6.92 Å². The Balaban J connectivity index is 1.95. The highest BCUT2D eigenvalue weighted by molar-refractivity contribution is 7.99. The smallest absolute Gasteiger partial charge is 0.303 e. The summed E-state index contributed by atoms with van der Waals surface area (Å²) in [6.07, 6.45) is 0.345. The van der Waals surface area contributed by atoms with E-state index in [9.17, 15) is 4.79 Å². The Morgan fingerprint density at radius 1 is 1.62 bits per heavy atom. The molecule has 4 heteroatoms. The van der Waals surface area contributed by atoms with E-state index in [4.69, 9.17) is 5.11 Å². The lowest BCUT2D eigenvalue weighted by atomic mass is 9.97. The molecule has 0 saturated carbocycles. The molecule has 0 bridgehead atoms. The molecule has 0 unspecified atom stereocenters. The van der Waals surface area contributed by atoms with Gasteiger partial charge in [-0.15, -0.1) is 0 Å². The number of carboxylic acids is 1. The Labute approximate surface area is 83.5 Å². The van der Waals surface area contributed by atoms with Crippen LogP contribution in [0, 0.1) is 5.92 Å². The van der Waals surface area contributed by atoms with Crippen molar-refractivity contribution in [2.24, 2.45) is 5.92 Å². The number of hydrogen-bond acceptors (Lipinski definition) is 3.